The number of nitrogens with zero attached hydrogens (tertiary/aromatic N) is 2. The molecule has 3 aromatic heterocycles. The number of anilines is 1. The minimum Gasteiger partial charge on any atom is -0.396 e. The Morgan fingerprint density at radius 1 is 1.30 bits per heavy atom. The van der Waals surface area contributed by atoms with Gasteiger partial charge in [-0.1, -0.05) is 0 Å². The molecule has 3 aromatic rings. The van der Waals surface area contributed by atoms with E-state index in [-0.39, 0.29) is 5.91 Å². The van der Waals surface area contributed by atoms with Crippen molar-refractivity contribution in [3.8, 4) is 0 Å². The van der Waals surface area contributed by atoms with Crippen molar-refractivity contribution in [3.05, 3.63) is 39.2 Å². The van der Waals surface area contributed by atoms with Crippen LogP contribution in [-0.4, -0.2) is 15.9 Å². The van der Waals surface area contributed by atoms with E-state index in [2.05, 4.69) is 15.3 Å². The van der Waals surface area contributed by atoms with Crippen LogP contribution in [0.15, 0.2) is 24.5 Å². The maximum absolute atomic E-state index is 12.2. The van der Waals surface area contributed by atoms with Gasteiger partial charge in [0.2, 0.25) is 0 Å². The average Bonchev–Trinajstić information content (AvgIpc) is 3.01. The van der Waals surface area contributed by atoms with Gasteiger partial charge in [0.25, 0.3) is 5.91 Å². The number of hydrogen-bond acceptors (Lipinski definition) is 6. The first-order valence-corrected chi connectivity index (χ1v) is 7.61. The van der Waals surface area contributed by atoms with Crippen molar-refractivity contribution in [3.63, 3.8) is 0 Å². The molecule has 3 heterocycles. The highest BCUT2D eigenvalue weighted by Crippen LogP contribution is 2.30. The molecule has 0 aliphatic heterocycles. The molecule has 0 bridgehead atoms. The number of amides is 1. The smallest absolute Gasteiger partial charge is 0.263 e. The lowest BCUT2D eigenvalue weighted by molar-refractivity contribution is 0.0956. The highest BCUT2D eigenvalue weighted by Gasteiger charge is 2.17. The Balaban J connectivity index is 1.80. The molecule has 0 saturated heterocycles. The van der Waals surface area contributed by atoms with E-state index in [4.69, 9.17) is 5.73 Å². The van der Waals surface area contributed by atoms with Crippen LogP contribution in [0.5, 0.6) is 0 Å². The molecule has 3 N–H and O–H groups in total. The van der Waals surface area contributed by atoms with Crippen LogP contribution in [0.1, 0.15) is 19.4 Å². The summed E-state index contributed by atoms with van der Waals surface area (Å²) in [5.74, 6) is -0.182. The minimum atomic E-state index is -0.182. The third-order valence-electron chi connectivity index (χ3n) is 2.79. The van der Waals surface area contributed by atoms with Gasteiger partial charge in [-0.25, -0.2) is 9.97 Å². The number of aromatic nitrogens is 2. The van der Waals surface area contributed by atoms with Crippen LogP contribution in [0.3, 0.4) is 0 Å². The summed E-state index contributed by atoms with van der Waals surface area (Å²) in [4.78, 5) is 24.0. The second-order valence-electron chi connectivity index (χ2n) is 4.25. The summed E-state index contributed by atoms with van der Waals surface area (Å²) in [5, 5.41) is 2.88. The minimum absolute atomic E-state index is 0.182. The highest BCUT2D eigenvalue weighted by atomic mass is 32.1. The quantitative estimate of drug-likeness (QED) is 0.779. The SMILES string of the molecule is Cc1ccc(CNC(=O)c2sc3nccnc3c2N)s1. The van der Waals surface area contributed by atoms with E-state index in [1.54, 1.807) is 23.7 Å². The topological polar surface area (TPSA) is 80.9 Å². The van der Waals surface area contributed by atoms with Gasteiger partial charge in [0.15, 0.2) is 0 Å². The Bertz CT molecular complexity index is 778. The van der Waals surface area contributed by atoms with Gasteiger partial charge >= 0.3 is 0 Å². The zero-order valence-corrected chi connectivity index (χ0v) is 12.3. The van der Waals surface area contributed by atoms with Gasteiger partial charge in [0.1, 0.15) is 15.2 Å². The molecule has 102 valence electrons. The Morgan fingerprint density at radius 2 is 2.10 bits per heavy atom. The molecule has 0 atom stereocenters. The summed E-state index contributed by atoms with van der Waals surface area (Å²) in [6, 6.07) is 4.05. The van der Waals surface area contributed by atoms with Crippen LogP contribution in [0.4, 0.5) is 5.69 Å². The lowest BCUT2D eigenvalue weighted by Crippen LogP contribution is -2.22. The van der Waals surface area contributed by atoms with E-state index in [0.29, 0.717) is 27.5 Å². The lowest BCUT2D eigenvalue weighted by atomic mass is 10.3. The molecule has 0 saturated carbocycles. The molecule has 0 fully saturated rings. The van der Waals surface area contributed by atoms with E-state index >= 15 is 0 Å². The molecule has 3 rings (SSSR count). The Morgan fingerprint density at radius 3 is 2.80 bits per heavy atom. The Labute approximate surface area is 123 Å². The molecular weight excluding hydrogens is 292 g/mol. The van der Waals surface area contributed by atoms with Crippen LogP contribution in [-0.2, 0) is 6.54 Å². The zero-order valence-electron chi connectivity index (χ0n) is 10.7. The second-order valence-corrected chi connectivity index (χ2v) is 6.62. The number of nitrogens with one attached hydrogen (secondary N) is 1. The summed E-state index contributed by atoms with van der Waals surface area (Å²) >= 11 is 2.93. The van der Waals surface area contributed by atoms with E-state index < -0.39 is 0 Å². The summed E-state index contributed by atoms with van der Waals surface area (Å²) in [6.45, 7) is 2.54. The number of rotatable bonds is 3. The van der Waals surface area contributed by atoms with Crippen molar-refractivity contribution in [2.75, 3.05) is 5.73 Å². The van der Waals surface area contributed by atoms with Gasteiger partial charge in [-0.15, -0.1) is 22.7 Å². The number of nitrogen functional groups attached to an aromatic ring is 1. The molecular formula is C13H12N4OS2. The monoisotopic (exact) mass is 304 g/mol. The number of carbonyl (C=O) groups excluding carboxylic acids is 1. The number of thiophene rings is 2. The molecule has 0 spiro atoms. The average molecular weight is 304 g/mol. The number of aryl methyl sites for hydroxylation is 1. The number of nitrogens with two attached hydrogens (primary N) is 1. The first kappa shape index (κ1) is 13.0. The summed E-state index contributed by atoms with van der Waals surface area (Å²) < 4.78 is 0. The van der Waals surface area contributed by atoms with Crippen molar-refractivity contribution >= 4 is 44.6 Å². The summed E-state index contributed by atoms with van der Waals surface area (Å²) in [5.41, 5.74) is 6.96. The predicted molar refractivity (Wildman–Crippen MR) is 82.1 cm³/mol. The second kappa shape index (κ2) is 5.18. The fourth-order valence-corrected chi connectivity index (χ4v) is 3.61. The van der Waals surface area contributed by atoms with Crippen LogP contribution in [0.2, 0.25) is 0 Å². The van der Waals surface area contributed by atoms with Crippen molar-refractivity contribution in [2.24, 2.45) is 0 Å². The molecule has 0 aliphatic rings. The number of hydrogen-bond donors (Lipinski definition) is 2. The molecule has 1 amide bonds. The van der Waals surface area contributed by atoms with Gasteiger partial charge in [-0.3, -0.25) is 4.79 Å². The van der Waals surface area contributed by atoms with Gasteiger partial charge < -0.3 is 11.1 Å². The molecule has 0 radical (unpaired) electrons. The maximum Gasteiger partial charge on any atom is 0.263 e. The molecule has 0 aliphatic carbocycles. The summed E-state index contributed by atoms with van der Waals surface area (Å²) in [7, 11) is 0. The lowest BCUT2D eigenvalue weighted by Gasteiger charge is -2.02. The molecule has 0 aromatic carbocycles. The van der Waals surface area contributed by atoms with Crippen LogP contribution >= 0.6 is 22.7 Å². The van der Waals surface area contributed by atoms with E-state index in [1.807, 2.05) is 19.1 Å². The third kappa shape index (κ3) is 2.37. The number of fused-ring (bicyclic) bond motifs is 1. The predicted octanol–water partition coefficient (Wildman–Crippen LogP) is 2.57. The molecule has 0 unspecified atom stereocenters. The van der Waals surface area contributed by atoms with Gasteiger partial charge in [0, 0.05) is 22.1 Å². The Hall–Kier alpha value is -1.99. The van der Waals surface area contributed by atoms with Crippen molar-refractivity contribution in [2.45, 2.75) is 13.5 Å². The molecule has 7 heteroatoms. The maximum atomic E-state index is 12.2. The molecule has 20 heavy (non-hydrogen) atoms. The first-order chi connectivity index (χ1) is 9.65. The largest absolute Gasteiger partial charge is 0.396 e. The fourth-order valence-electron chi connectivity index (χ4n) is 1.84. The zero-order chi connectivity index (χ0) is 14.1. The highest BCUT2D eigenvalue weighted by molar-refractivity contribution is 7.21. The van der Waals surface area contributed by atoms with Crippen molar-refractivity contribution in [1.29, 1.82) is 0 Å². The normalized spacial score (nSPS) is 10.8. The van der Waals surface area contributed by atoms with Gasteiger partial charge in [-0.2, -0.15) is 0 Å². The Kier molecular flexibility index (Phi) is 3.37. The number of carbonyl (C=O) groups is 1. The van der Waals surface area contributed by atoms with Gasteiger partial charge in [0.05, 0.1) is 12.2 Å². The van der Waals surface area contributed by atoms with E-state index in [1.165, 1.54) is 16.2 Å². The van der Waals surface area contributed by atoms with Crippen LogP contribution < -0.4 is 11.1 Å². The summed E-state index contributed by atoms with van der Waals surface area (Å²) in [6.07, 6.45) is 3.16. The van der Waals surface area contributed by atoms with E-state index in [9.17, 15) is 4.79 Å². The fraction of sp³-hybridized carbons (Fsp3) is 0.154. The van der Waals surface area contributed by atoms with Crippen LogP contribution in [0.25, 0.3) is 10.3 Å². The van der Waals surface area contributed by atoms with Gasteiger partial charge in [-0.05, 0) is 19.1 Å². The van der Waals surface area contributed by atoms with E-state index in [0.717, 1.165) is 4.88 Å². The molecule has 5 nitrogen and oxygen atoms in total. The third-order valence-corrected chi connectivity index (χ3v) is 4.89. The first-order valence-electron chi connectivity index (χ1n) is 5.97. The van der Waals surface area contributed by atoms with Crippen molar-refractivity contribution < 1.29 is 4.79 Å². The standard InChI is InChI=1S/C13H12N4OS2/c1-7-2-3-8(19-7)6-17-12(18)11-9(14)10-13(20-11)16-5-4-15-10/h2-5H,6,14H2,1H3,(H,17,18). The van der Waals surface area contributed by atoms with Crippen LogP contribution in [0, 0.1) is 6.92 Å². The van der Waals surface area contributed by atoms with Crippen molar-refractivity contribution in [1.82, 2.24) is 15.3 Å².